The summed E-state index contributed by atoms with van der Waals surface area (Å²) in [6.07, 6.45) is 1.46. The first kappa shape index (κ1) is 23.8. The first-order chi connectivity index (χ1) is 15.4. The highest BCUT2D eigenvalue weighted by molar-refractivity contribution is 9.10. The number of ether oxygens (including phenoxy) is 2. The lowest BCUT2D eigenvalue weighted by atomic mass is 10.2. The minimum atomic E-state index is -0.643. The van der Waals surface area contributed by atoms with Crippen molar-refractivity contribution in [1.29, 1.82) is 0 Å². The first-order valence-corrected chi connectivity index (χ1v) is 11.0. The zero-order valence-corrected chi connectivity index (χ0v) is 19.9. The Bertz CT molecular complexity index is 1180. The molecule has 0 heterocycles. The van der Waals surface area contributed by atoms with E-state index in [-0.39, 0.29) is 22.2 Å². The second-order valence-electron chi connectivity index (χ2n) is 6.36. The lowest BCUT2D eigenvalue weighted by Gasteiger charge is -2.12. The lowest BCUT2D eigenvalue weighted by molar-refractivity contribution is 0.0728. The molecule has 0 fully saturated rings. The highest BCUT2D eigenvalue weighted by atomic mass is 79.9. The molecule has 0 spiro atoms. The molecule has 9 heteroatoms. The van der Waals surface area contributed by atoms with Gasteiger partial charge in [0.1, 0.15) is 0 Å². The third kappa shape index (κ3) is 6.32. The van der Waals surface area contributed by atoms with Crippen LogP contribution in [0.5, 0.6) is 11.5 Å². The number of halogens is 3. The zero-order chi connectivity index (χ0) is 23.1. The van der Waals surface area contributed by atoms with E-state index < -0.39 is 5.97 Å². The number of carbonyl (C=O) groups is 2. The summed E-state index contributed by atoms with van der Waals surface area (Å²) >= 11 is 15.3. The third-order valence-corrected chi connectivity index (χ3v) is 5.13. The second-order valence-corrected chi connectivity index (χ2v) is 8.12. The molecule has 0 aliphatic rings. The largest absolute Gasteiger partial charge is 0.490 e. The summed E-state index contributed by atoms with van der Waals surface area (Å²) in [7, 11) is 0. The molecule has 0 unspecified atom stereocenters. The predicted octanol–water partition coefficient (Wildman–Crippen LogP) is 6.14. The quantitative estimate of drug-likeness (QED) is 0.171. The molecule has 0 aliphatic heterocycles. The van der Waals surface area contributed by atoms with Gasteiger partial charge in [-0.05, 0) is 67.1 Å². The van der Waals surface area contributed by atoms with E-state index in [0.29, 0.717) is 28.5 Å². The van der Waals surface area contributed by atoms with Crippen LogP contribution in [0.2, 0.25) is 10.0 Å². The molecule has 32 heavy (non-hydrogen) atoms. The van der Waals surface area contributed by atoms with Gasteiger partial charge in [-0.15, -0.1) is 0 Å². The summed E-state index contributed by atoms with van der Waals surface area (Å²) in [5.74, 6) is -0.431. The van der Waals surface area contributed by atoms with Crippen LogP contribution in [0.25, 0.3) is 0 Å². The second kappa shape index (κ2) is 11.1. The predicted molar refractivity (Wildman–Crippen MR) is 128 cm³/mol. The van der Waals surface area contributed by atoms with Crippen molar-refractivity contribution in [2.24, 2.45) is 5.10 Å². The summed E-state index contributed by atoms with van der Waals surface area (Å²) < 4.78 is 11.8. The number of nitrogens with zero attached hydrogens (tertiary/aromatic N) is 1. The topological polar surface area (TPSA) is 77.0 Å². The molecule has 1 N–H and O–H groups in total. The van der Waals surface area contributed by atoms with Gasteiger partial charge in [0.05, 0.1) is 23.4 Å². The van der Waals surface area contributed by atoms with Crippen LogP contribution in [-0.2, 0) is 0 Å². The van der Waals surface area contributed by atoms with Crippen molar-refractivity contribution >= 4 is 57.2 Å². The monoisotopic (exact) mass is 534 g/mol. The molecule has 3 aromatic rings. The summed E-state index contributed by atoms with van der Waals surface area (Å²) in [5, 5.41) is 4.57. The zero-order valence-electron chi connectivity index (χ0n) is 16.8. The van der Waals surface area contributed by atoms with E-state index in [1.165, 1.54) is 18.3 Å². The van der Waals surface area contributed by atoms with Gasteiger partial charge in [-0.2, -0.15) is 5.10 Å². The Morgan fingerprint density at radius 3 is 2.59 bits per heavy atom. The third-order valence-electron chi connectivity index (χ3n) is 4.09. The normalized spacial score (nSPS) is 10.8. The molecule has 0 saturated carbocycles. The summed E-state index contributed by atoms with van der Waals surface area (Å²) in [6, 6.07) is 16.3. The van der Waals surface area contributed by atoms with Gasteiger partial charge in [0.15, 0.2) is 11.5 Å². The standard InChI is InChI=1S/C23H17BrCl2N2O4/c1-2-31-21-10-14(13-27-28-22(29)15-4-3-5-16(24)11-15)6-9-20(21)32-23(30)18-8-7-17(25)12-19(18)26/h3-13H,2H2,1H3,(H,28,29)/b27-13-. The molecule has 0 atom stereocenters. The van der Waals surface area contributed by atoms with E-state index >= 15 is 0 Å². The van der Waals surface area contributed by atoms with Crippen LogP contribution >= 0.6 is 39.1 Å². The van der Waals surface area contributed by atoms with Gasteiger partial charge >= 0.3 is 5.97 Å². The number of benzene rings is 3. The van der Waals surface area contributed by atoms with E-state index in [1.54, 1.807) is 49.4 Å². The molecule has 0 bridgehead atoms. The molecule has 6 nitrogen and oxygen atoms in total. The Hall–Kier alpha value is -2.87. The van der Waals surface area contributed by atoms with Gasteiger partial charge in [-0.3, -0.25) is 4.79 Å². The van der Waals surface area contributed by atoms with Crippen LogP contribution in [-0.4, -0.2) is 24.7 Å². The number of amides is 1. The van der Waals surface area contributed by atoms with Crippen LogP contribution in [0.4, 0.5) is 0 Å². The summed E-state index contributed by atoms with van der Waals surface area (Å²) in [6.45, 7) is 2.16. The summed E-state index contributed by atoms with van der Waals surface area (Å²) in [5.41, 5.74) is 3.74. The van der Waals surface area contributed by atoms with Crippen LogP contribution in [0.3, 0.4) is 0 Å². The molecular weight excluding hydrogens is 519 g/mol. The van der Waals surface area contributed by atoms with Gasteiger partial charge in [0.25, 0.3) is 5.91 Å². The minimum Gasteiger partial charge on any atom is -0.490 e. The first-order valence-electron chi connectivity index (χ1n) is 9.40. The maximum Gasteiger partial charge on any atom is 0.345 e. The van der Waals surface area contributed by atoms with Crippen molar-refractivity contribution < 1.29 is 19.1 Å². The highest BCUT2D eigenvalue weighted by Crippen LogP contribution is 2.30. The minimum absolute atomic E-state index is 0.180. The van der Waals surface area contributed by atoms with Crippen LogP contribution in [0.1, 0.15) is 33.2 Å². The van der Waals surface area contributed by atoms with E-state index in [1.807, 2.05) is 6.07 Å². The Morgan fingerprint density at radius 1 is 1.06 bits per heavy atom. The number of hydrogen-bond donors (Lipinski definition) is 1. The maximum absolute atomic E-state index is 12.5. The van der Waals surface area contributed by atoms with E-state index in [9.17, 15) is 9.59 Å². The summed E-state index contributed by atoms with van der Waals surface area (Å²) in [4.78, 5) is 24.7. The average Bonchev–Trinajstić information content (AvgIpc) is 2.75. The molecule has 0 radical (unpaired) electrons. The van der Waals surface area contributed by atoms with Gasteiger partial charge in [0.2, 0.25) is 0 Å². The number of esters is 1. The van der Waals surface area contributed by atoms with Crippen LogP contribution in [0, 0.1) is 0 Å². The van der Waals surface area contributed by atoms with Gasteiger partial charge in [0, 0.05) is 15.1 Å². The molecule has 0 aliphatic carbocycles. The molecule has 164 valence electrons. The Morgan fingerprint density at radius 2 is 1.88 bits per heavy atom. The van der Waals surface area contributed by atoms with E-state index in [2.05, 4.69) is 26.5 Å². The van der Waals surface area contributed by atoms with Crippen molar-refractivity contribution in [3.63, 3.8) is 0 Å². The Labute approximate surface area is 203 Å². The molecule has 3 aromatic carbocycles. The maximum atomic E-state index is 12.5. The van der Waals surface area contributed by atoms with Crippen molar-refractivity contribution in [3.05, 3.63) is 91.9 Å². The number of carbonyl (C=O) groups excluding carboxylic acids is 2. The van der Waals surface area contributed by atoms with E-state index in [4.69, 9.17) is 32.7 Å². The van der Waals surface area contributed by atoms with Gasteiger partial charge < -0.3 is 9.47 Å². The number of hydrogen-bond acceptors (Lipinski definition) is 5. The average molecular weight is 536 g/mol. The van der Waals surface area contributed by atoms with Gasteiger partial charge in [-0.25, -0.2) is 10.2 Å². The Balaban J connectivity index is 1.73. The van der Waals surface area contributed by atoms with Crippen LogP contribution < -0.4 is 14.9 Å². The van der Waals surface area contributed by atoms with Crippen molar-refractivity contribution in [3.8, 4) is 11.5 Å². The highest BCUT2D eigenvalue weighted by Gasteiger charge is 2.16. The molecule has 1 amide bonds. The fourth-order valence-electron chi connectivity index (χ4n) is 2.63. The van der Waals surface area contributed by atoms with Crippen LogP contribution in [0.15, 0.2) is 70.2 Å². The molecule has 0 saturated heterocycles. The molecule has 0 aromatic heterocycles. The number of nitrogens with one attached hydrogen (secondary N) is 1. The van der Waals surface area contributed by atoms with Crippen molar-refractivity contribution in [2.75, 3.05) is 6.61 Å². The fourth-order valence-corrected chi connectivity index (χ4v) is 3.51. The SMILES string of the molecule is CCOc1cc(/C=N\NC(=O)c2cccc(Br)c2)ccc1OC(=O)c1ccc(Cl)cc1Cl. The van der Waals surface area contributed by atoms with E-state index in [0.717, 1.165) is 4.47 Å². The lowest BCUT2D eigenvalue weighted by Crippen LogP contribution is -2.17. The van der Waals surface area contributed by atoms with Crippen molar-refractivity contribution in [2.45, 2.75) is 6.92 Å². The Kier molecular flexibility index (Phi) is 8.27. The number of rotatable bonds is 7. The van der Waals surface area contributed by atoms with Gasteiger partial charge in [-0.1, -0.05) is 45.2 Å². The van der Waals surface area contributed by atoms with Crippen molar-refractivity contribution in [1.82, 2.24) is 5.43 Å². The molecule has 3 rings (SSSR count). The molecular formula is C23H17BrCl2N2O4. The number of hydrazone groups is 1. The smallest absolute Gasteiger partial charge is 0.345 e. The fraction of sp³-hybridized carbons (Fsp3) is 0.0870.